The average molecular weight is 398 g/mol. The van der Waals surface area contributed by atoms with Crippen molar-refractivity contribution >= 4 is 12.0 Å². The normalized spacial score (nSPS) is 11.0. The molecule has 1 amide bonds. The number of hydrogen-bond donors (Lipinski definition) is 1. The van der Waals surface area contributed by atoms with Crippen LogP contribution in [0.2, 0.25) is 0 Å². The summed E-state index contributed by atoms with van der Waals surface area (Å²) in [6.45, 7) is 0.416. The molecule has 2 aromatic heterocycles. The fourth-order valence-corrected chi connectivity index (χ4v) is 2.97. The zero-order chi connectivity index (χ0) is 20.8. The van der Waals surface area contributed by atoms with Gasteiger partial charge in [-0.05, 0) is 60.2 Å². The molecule has 5 nitrogen and oxygen atoms in total. The van der Waals surface area contributed by atoms with Crippen molar-refractivity contribution in [1.29, 1.82) is 0 Å². The van der Waals surface area contributed by atoms with Gasteiger partial charge in [-0.2, -0.15) is 5.10 Å². The summed E-state index contributed by atoms with van der Waals surface area (Å²) in [5, 5.41) is 7.50. The van der Waals surface area contributed by atoms with Gasteiger partial charge in [-0.25, -0.2) is 9.07 Å². The number of carbonyl (C=O) groups excluding carboxylic acids is 1. The number of nitrogens with zero attached hydrogens (tertiary/aromatic N) is 3. The standard InChI is InChI=1S/C24H19FN4O/c25-21-9-6-19(7-10-21)24-20(17-29(28-24)22-4-2-1-3-5-22)8-11-23(30)27-16-18-12-14-26-15-13-18/h1-15,17H,16H2,(H,27,30). The van der Waals surface area contributed by atoms with Crippen molar-refractivity contribution in [2.75, 3.05) is 0 Å². The fourth-order valence-electron chi connectivity index (χ4n) is 2.97. The van der Waals surface area contributed by atoms with Crippen molar-refractivity contribution in [3.8, 4) is 16.9 Å². The quantitative estimate of drug-likeness (QED) is 0.490. The molecule has 2 heterocycles. The Morgan fingerprint density at radius 1 is 1.00 bits per heavy atom. The van der Waals surface area contributed by atoms with Gasteiger partial charge in [0.25, 0.3) is 0 Å². The van der Waals surface area contributed by atoms with Crippen molar-refractivity contribution in [2.24, 2.45) is 0 Å². The summed E-state index contributed by atoms with van der Waals surface area (Å²) < 4.78 is 15.1. The van der Waals surface area contributed by atoms with E-state index >= 15 is 0 Å². The van der Waals surface area contributed by atoms with Gasteiger partial charge in [-0.3, -0.25) is 9.78 Å². The zero-order valence-electron chi connectivity index (χ0n) is 16.1. The highest BCUT2D eigenvalue weighted by atomic mass is 19.1. The van der Waals surface area contributed by atoms with Crippen LogP contribution in [0.15, 0.2) is 91.4 Å². The molecule has 0 bridgehead atoms. The molecule has 0 fully saturated rings. The minimum atomic E-state index is -0.311. The minimum absolute atomic E-state index is 0.218. The maximum atomic E-state index is 13.4. The van der Waals surface area contributed by atoms with E-state index in [1.54, 1.807) is 35.3 Å². The Hall–Kier alpha value is -4.06. The van der Waals surface area contributed by atoms with E-state index in [-0.39, 0.29) is 11.7 Å². The Kier molecular flexibility index (Phi) is 5.75. The highest BCUT2D eigenvalue weighted by molar-refractivity contribution is 5.92. The third-order valence-corrected chi connectivity index (χ3v) is 4.51. The van der Waals surface area contributed by atoms with Gasteiger partial charge in [0.15, 0.2) is 0 Å². The molecule has 0 spiro atoms. The van der Waals surface area contributed by atoms with Crippen LogP contribution in [-0.4, -0.2) is 20.7 Å². The third kappa shape index (κ3) is 4.67. The van der Waals surface area contributed by atoms with Crippen LogP contribution in [0.3, 0.4) is 0 Å². The lowest BCUT2D eigenvalue weighted by Crippen LogP contribution is -2.20. The first-order valence-electron chi connectivity index (χ1n) is 9.45. The smallest absolute Gasteiger partial charge is 0.244 e. The Labute approximate surface area is 173 Å². The summed E-state index contributed by atoms with van der Waals surface area (Å²) in [6.07, 6.45) is 8.41. The zero-order valence-corrected chi connectivity index (χ0v) is 16.1. The van der Waals surface area contributed by atoms with E-state index in [9.17, 15) is 9.18 Å². The van der Waals surface area contributed by atoms with Gasteiger partial charge >= 0.3 is 0 Å². The van der Waals surface area contributed by atoms with Crippen LogP contribution in [-0.2, 0) is 11.3 Å². The number of amides is 1. The van der Waals surface area contributed by atoms with Crippen LogP contribution in [0.5, 0.6) is 0 Å². The van der Waals surface area contributed by atoms with Crippen LogP contribution in [0.25, 0.3) is 23.0 Å². The van der Waals surface area contributed by atoms with Crippen LogP contribution in [0.1, 0.15) is 11.1 Å². The largest absolute Gasteiger partial charge is 0.348 e. The number of pyridine rings is 1. The van der Waals surface area contributed by atoms with E-state index in [1.807, 2.05) is 48.7 Å². The number of carbonyl (C=O) groups is 1. The van der Waals surface area contributed by atoms with Crippen molar-refractivity contribution in [2.45, 2.75) is 6.54 Å². The monoisotopic (exact) mass is 398 g/mol. The van der Waals surface area contributed by atoms with Gasteiger partial charge in [0, 0.05) is 42.3 Å². The van der Waals surface area contributed by atoms with E-state index in [1.165, 1.54) is 18.2 Å². The first-order chi connectivity index (χ1) is 14.7. The van der Waals surface area contributed by atoms with Crippen molar-refractivity contribution in [3.05, 3.63) is 108 Å². The van der Waals surface area contributed by atoms with Gasteiger partial charge < -0.3 is 5.32 Å². The summed E-state index contributed by atoms with van der Waals surface area (Å²) in [6, 6.07) is 19.5. The molecule has 30 heavy (non-hydrogen) atoms. The highest BCUT2D eigenvalue weighted by Gasteiger charge is 2.11. The number of hydrogen-bond acceptors (Lipinski definition) is 3. The summed E-state index contributed by atoms with van der Waals surface area (Å²) in [5.41, 5.74) is 4.04. The second kappa shape index (κ2) is 8.96. The molecule has 4 rings (SSSR count). The predicted octanol–water partition coefficient (Wildman–Crippen LogP) is 4.40. The Bertz CT molecular complexity index is 1150. The summed E-state index contributed by atoms with van der Waals surface area (Å²) in [7, 11) is 0. The number of rotatable bonds is 6. The van der Waals surface area contributed by atoms with Crippen molar-refractivity contribution < 1.29 is 9.18 Å². The van der Waals surface area contributed by atoms with Crippen molar-refractivity contribution in [1.82, 2.24) is 20.1 Å². The van der Waals surface area contributed by atoms with Gasteiger partial charge in [0.1, 0.15) is 5.82 Å². The van der Waals surface area contributed by atoms with Crippen LogP contribution in [0, 0.1) is 5.82 Å². The first kappa shape index (κ1) is 19.3. The van der Waals surface area contributed by atoms with Gasteiger partial charge in [0.05, 0.1) is 11.4 Å². The predicted molar refractivity (Wildman–Crippen MR) is 114 cm³/mol. The molecule has 0 aliphatic carbocycles. The molecule has 2 aromatic carbocycles. The van der Waals surface area contributed by atoms with Crippen molar-refractivity contribution in [3.63, 3.8) is 0 Å². The molecule has 6 heteroatoms. The second-order valence-corrected chi connectivity index (χ2v) is 6.63. The summed E-state index contributed by atoms with van der Waals surface area (Å²) in [4.78, 5) is 16.2. The highest BCUT2D eigenvalue weighted by Crippen LogP contribution is 2.25. The molecule has 0 radical (unpaired) electrons. The lowest BCUT2D eigenvalue weighted by atomic mass is 10.1. The molecule has 4 aromatic rings. The van der Waals surface area contributed by atoms with E-state index in [4.69, 9.17) is 0 Å². The van der Waals surface area contributed by atoms with Gasteiger partial charge in [-0.1, -0.05) is 18.2 Å². The lowest BCUT2D eigenvalue weighted by Gasteiger charge is -2.02. The number of benzene rings is 2. The molecule has 0 aliphatic rings. The lowest BCUT2D eigenvalue weighted by molar-refractivity contribution is -0.116. The average Bonchev–Trinajstić information content (AvgIpc) is 3.22. The Morgan fingerprint density at radius 3 is 2.47 bits per heavy atom. The maximum absolute atomic E-state index is 13.4. The fraction of sp³-hybridized carbons (Fsp3) is 0.0417. The molecular weight excluding hydrogens is 379 g/mol. The van der Waals surface area contributed by atoms with Crippen LogP contribution >= 0.6 is 0 Å². The summed E-state index contributed by atoms with van der Waals surface area (Å²) in [5.74, 6) is -0.529. The molecule has 0 saturated carbocycles. The maximum Gasteiger partial charge on any atom is 0.244 e. The molecule has 1 N–H and O–H groups in total. The van der Waals surface area contributed by atoms with E-state index in [2.05, 4.69) is 15.4 Å². The molecule has 0 atom stereocenters. The molecule has 0 aliphatic heterocycles. The second-order valence-electron chi connectivity index (χ2n) is 6.63. The molecule has 0 unspecified atom stereocenters. The number of halogens is 1. The molecular formula is C24H19FN4O. The SMILES string of the molecule is O=C(C=Cc1cn(-c2ccccc2)nc1-c1ccc(F)cc1)NCc1ccncc1. The topological polar surface area (TPSA) is 59.8 Å². The van der Waals surface area contributed by atoms with E-state index in [0.717, 1.165) is 22.4 Å². The Morgan fingerprint density at radius 2 is 1.73 bits per heavy atom. The first-order valence-corrected chi connectivity index (χ1v) is 9.45. The van der Waals surface area contributed by atoms with Gasteiger partial charge in [0.2, 0.25) is 5.91 Å². The van der Waals surface area contributed by atoms with Crippen LogP contribution < -0.4 is 5.32 Å². The van der Waals surface area contributed by atoms with Crippen LogP contribution in [0.4, 0.5) is 4.39 Å². The number of aromatic nitrogens is 3. The Balaban J connectivity index is 1.59. The minimum Gasteiger partial charge on any atom is -0.348 e. The van der Waals surface area contributed by atoms with E-state index in [0.29, 0.717) is 12.2 Å². The third-order valence-electron chi connectivity index (χ3n) is 4.51. The van der Waals surface area contributed by atoms with E-state index < -0.39 is 0 Å². The summed E-state index contributed by atoms with van der Waals surface area (Å²) >= 11 is 0. The molecule has 0 saturated heterocycles. The van der Waals surface area contributed by atoms with Gasteiger partial charge in [-0.15, -0.1) is 0 Å². The molecule has 148 valence electrons. The number of nitrogens with one attached hydrogen (secondary N) is 1. The number of para-hydroxylation sites is 1.